The number of rotatable bonds is 4. The number of hydrogen-bond acceptors (Lipinski definition) is 5. The van der Waals surface area contributed by atoms with Crippen LogP contribution in [0.1, 0.15) is 6.42 Å². The zero-order valence-corrected chi connectivity index (χ0v) is 10.3. The highest BCUT2D eigenvalue weighted by Crippen LogP contribution is 2.13. The molecule has 0 bridgehead atoms. The van der Waals surface area contributed by atoms with E-state index in [0.717, 1.165) is 0 Å². The summed E-state index contributed by atoms with van der Waals surface area (Å²) in [5.74, 6) is 0.633. The van der Waals surface area contributed by atoms with Gasteiger partial charge < -0.3 is 10.1 Å². The van der Waals surface area contributed by atoms with E-state index in [4.69, 9.17) is 4.74 Å². The lowest BCUT2D eigenvalue weighted by Gasteiger charge is -2.11. The van der Waals surface area contributed by atoms with Crippen molar-refractivity contribution in [2.24, 2.45) is 0 Å². The first-order valence-electron chi connectivity index (χ1n) is 5.36. The molecule has 17 heavy (non-hydrogen) atoms. The van der Waals surface area contributed by atoms with Crippen molar-refractivity contribution in [1.82, 2.24) is 9.71 Å². The van der Waals surface area contributed by atoms with Crippen LogP contribution in [0.4, 0.5) is 5.82 Å². The molecule has 2 N–H and O–H groups in total. The van der Waals surface area contributed by atoms with Crippen LogP contribution in [-0.4, -0.2) is 39.7 Å². The van der Waals surface area contributed by atoms with Crippen molar-refractivity contribution in [3.05, 3.63) is 18.3 Å². The van der Waals surface area contributed by atoms with Crippen molar-refractivity contribution in [3.8, 4) is 0 Å². The van der Waals surface area contributed by atoms with Crippen molar-refractivity contribution < 1.29 is 13.2 Å². The second kappa shape index (κ2) is 4.99. The predicted octanol–water partition coefficient (Wildman–Crippen LogP) is 0.190. The molecule has 1 saturated heterocycles. The summed E-state index contributed by atoms with van der Waals surface area (Å²) >= 11 is 0. The number of aromatic nitrogens is 1. The number of ether oxygens (including phenoxy) is 1. The van der Waals surface area contributed by atoms with Crippen molar-refractivity contribution >= 4 is 15.8 Å². The Morgan fingerprint density at radius 3 is 2.82 bits per heavy atom. The van der Waals surface area contributed by atoms with Gasteiger partial charge in [-0.15, -0.1) is 0 Å². The Morgan fingerprint density at radius 1 is 1.47 bits per heavy atom. The van der Waals surface area contributed by atoms with Crippen LogP contribution in [-0.2, 0) is 14.8 Å². The summed E-state index contributed by atoms with van der Waals surface area (Å²) in [6.45, 7) is 1.03. The van der Waals surface area contributed by atoms with E-state index in [1.807, 2.05) is 0 Å². The standard InChI is InChI=1S/C10H15N3O3S/c1-11-10-3-2-9(6-12-10)17(14,15)13-8-4-5-16-7-8/h2-3,6,8,13H,4-5,7H2,1H3,(H,11,12). The maximum Gasteiger partial charge on any atom is 0.242 e. The van der Waals surface area contributed by atoms with Crippen molar-refractivity contribution in [2.75, 3.05) is 25.6 Å². The Hall–Kier alpha value is -1.18. The van der Waals surface area contributed by atoms with Crippen LogP contribution in [0.5, 0.6) is 0 Å². The van der Waals surface area contributed by atoms with Crippen LogP contribution >= 0.6 is 0 Å². The molecule has 0 saturated carbocycles. The normalized spacial score (nSPS) is 20.4. The molecule has 1 aliphatic heterocycles. The summed E-state index contributed by atoms with van der Waals surface area (Å²) in [5.41, 5.74) is 0. The van der Waals surface area contributed by atoms with Gasteiger partial charge in [-0.2, -0.15) is 0 Å². The number of sulfonamides is 1. The quantitative estimate of drug-likeness (QED) is 0.805. The average Bonchev–Trinajstić information content (AvgIpc) is 2.81. The highest BCUT2D eigenvalue weighted by atomic mass is 32.2. The molecule has 0 aromatic carbocycles. The maximum atomic E-state index is 12.0. The summed E-state index contributed by atoms with van der Waals surface area (Å²) in [6.07, 6.45) is 2.05. The molecule has 2 heterocycles. The van der Waals surface area contributed by atoms with Gasteiger partial charge in [0.25, 0.3) is 0 Å². The summed E-state index contributed by atoms with van der Waals surface area (Å²) in [5, 5.41) is 2.83. The van der Waals surface area contributed by atoms with Crippen molar-refractivity contribution in [3.63, 3.8) is 0 Å². The number of pyridine rings is 1. The molecule has 0 aliphatic carbocycles. The van der Waals surface area contributed by atoms with E-state index in [1.165, 1.54) is 12.3 Å². The Balaban J connectivity index is 2.12. The summed E-state index contributed by atoms with van der Waals surface area (Å²) in [6, 6.07) is 3.01. The van der Waals surface area contributed by atoms with E-state index >= 15 is 0 Å². The zero-order chi connectivity index (χ0) is 12.3. The second-order valence-electron chi connectivity index (χ2n) is 3.81. The lowest BCUT2D eigenvalue weighted by atomic mass is 10.3. The molecule has 1 aromatic rings. The smallest absolute Gasteiger partial charge is 0.242 e. The first-order valence-corrected chi connectivity index (χ1v) is 6.84. The van der Waals surface area contributed by atoms with Gasteiger partial charge in [0.2, 0.25) is 10.0 Å². The maximum absolute atomic E-state index is 12.0. The highest BCUT2D eigenvalue weighted by molar-refractivity contribution is 7.89. The van der Waals surface area contributed by atoms with Gasteiger partial charge in [0.1, 0.15) is 10.7 Å². The lowest BCUT2D eigenvalue weighted by molar-refractivity contribution is 0.192. The van der Waals surface area contributed by atoms with Crippen molar-refractivity contribution in [2.45, 2.75) is 17.4 Å². The minimum Gasteiger partial charge on any atom is -0.380 e. The molecule has 0 spiro atoms. The SMILES string of the molecule is CNc1ccc(S(=O)(=O)NC2CCOC2)cn1. The third-order valence-electron chi connectivity index (χ3n) is 2.55. The number of hydrogen-bond donors (Lipinski definition) is 2. The van der Waals surface area contributed by atoms with Gasteiger partial charge >= 0.3 is 0 Å². The van der Waals surface area contributed by atoms with Gasteiger partial charge in [0.05, 0.1) is 6.61 Å². The van der Waals surface area contributed by atoms with Gasteiger partial charge in [-0.05, 0) is 18.6 Å². The molecular weight excluding hydrogens is 242 g/mol. The molecule has 0 amide bonds. The Kier molecular flexibility index (Phi) is 3.60. The van der Waals surface area contributed by atoms with Crippen LogP contribution in [0.25, 0.3) is 0 Å². The van der Waals surface area contributed by atoms with E-state index in [1.54, 1.807) is 13.1 Å². The Bertz CT molecular complexity index is 466. The lowest BCUT2D eigenvalue weighted by Crippen LogP contribution is -2.35. The zero-order valence-electron chi connectivity index (χ0n) is 9.51. The van der Waals surface area contributed by atoms with Gasteiger partial charge in [-0.3, -0.25) is 0 Å². The van der Waals surface area contributed by atoms with Crippen molar-refractivity contribution in [1.29, 1.82) is 0 Å². The van der Waals surface area contributed by atoms with Crippen LogP contribution in [0.2, 0.25) is 0 Å². The van der Waals surface area contributed by atoms with Gasteiger partial charge in [-0.1, -0.05) is 0 Å². The molecule has 1 atom stereocenters. The number of nitrogens with zero attached hydrogens (tertiary/aromatic N) is 1. The first kappa shape index (κ1) is 12.3. The monoisotopic (exact) mass is 257 g/mol. The van der Waals surface area contributed by atoms with E-state index in [-0.39, 0.29) is 10.9 Å². The minimum absolute atomic E-state index is 0.135. The van der Waals surface area contributed by atoms with E-state index < -0.39 is 10.0 Å². The number of anilines is 1. The fourth-order valence-corrected chi connectivity index (χ4v) is 2.80. The minimum atomic E-state index is -3.49. The van der Waals surface area contributed by atoms with Gasteiger partial charge in [-0.25, -0.2) is 18.1 Å². The van der Waals surface area contributed by atoms with Gasteiger partial charge in [0.15, 0.2) is 0 Å². The molecule has 7 heteroatoms. The van der Waals surface area contributed by atoms with Crippen LogP contribution in [0, 0.1) is 0 Å². The molecule has 6 nitrogen and oxygen atoms in total. The molecule has 1 unspecified atom stereocenters. The Labute approximate surface area is 100 Å². The molecule has 1 aliphatic rings. The molecule has 1 aromatic heterocycles. The van der Waals surface area contributed by atoms with E-state index in [9.17, 15) is 8.42 Å². The number of nitrogens with one attached hydrogen (secondary N) is 2. The van der Waals surface area contributed by atoms with Crippen LogP contribution in [0.3, 0.4) is 0 Å². The van der Waals surface area contributed by atoms with Crippen LogP contribution < -0.4 is 10.0 Å². The third-order valence-corrected chi connectivity index (χ3v) is 4.06. The molecular formula is C10H15N3O3S. The highest BCUT2D eigenvalue weighted by Gasteiger charge is 2.23. The molecule has 2 rings (SSSR count). The molecule has 1 fully saturated rings. The fourth-order valence-electron chi connectivity index (χ4n) is 1.60. The predicted molar refractivity (Wildman–Crippen MR) is 63.3 cm³/mol. The molecule has 0 radical (unpaired) electrons. The average molecular weight is 257 g/mol. The van der Waals surface area contributed by atoms with E-state index in [0.29, 0.717) is 25.5 Å². The first-order chi connectivity index (χ1) is 8.12. The summed E-state index contributed by atoms with van der Waals surface area (Å²) < 4.78 is 31.6. The third kappa shape index (κ3) is 2.93. The van der Waals surface area contributed by atoms with Gasteiger partial charge in [0, 0.05) is 25.9 Å². The summed E-state index contributed by atoms with van der Waals surface area (Å²) in [7, 11) is -1.76. The van der Waals surface area contributed by atoms with Crippen LogP contribution in [0.15, 0.2) is 23.2 Å². The largest absolute Gasteiger partial charge is 0.380 e. The Morgan fingerprint density at radius 2 is 2.29 bits per heavy atom. The topological polar surface area (TPSA) is 80.3 Å². The fraction of sp³-hybridized carbons (Fsp3) is 0.500. The van der Waals surface area contributed by atoms with E-state index in [2.05, 4.69) is 15.0 Å². The molecule has 94 valence electrons. The summed E-state index contributed by atoms with van der Waals surface area (Å²) in [4.78, 5) is 4.15. The second-order valence-corrected chi connectivity index (χ2v) is 5.52.